The minimum atomic E-state index is -0.232. The molecule has 1 aromatic heterocycles. The van der Waals surface area contributed by atoms with Gasteiger partial charge in [0.25, 0.3) is 0 Å². The first-order chi connectivity index (χ1) is 8.19. The van der Waals surface area contributed by atoms with Crippen molar-refractivity contribution in [2.75, 3.05) is 30.9 Å². The Morgan fingerprint density at radius 3 is 3.24 bits per heavy atom. The molecular formula is C11H16N2O2S2. The van der Waals surface area contributed by atoms with E-state index in [0.29, 0.717) is 5.25 Å². The van der Waals surface area contributed by atoms with Gasteiger partial charge in [0, 0.05) is 29.5 Å². The van der Waals surface area contributed by atoms with Crippen molar-refractivity contribution in [2.24, 2.45) is 0 Å². The Hall–Kier alpha value is -0.750. The SMILES string of the molecule is COC(=O)Cc1csc(N2CCSC(C)C2)n1. The lowest BCUT2D eigenvalue weighted by atomic mass is 10.3. The number of hydrogen-bond donors (Lipinski definition) is 0. The lowest BCUT2D eigenvalue weighted by Gasteiger charge is -2.30. The molecule has 0 aliphatic carbocycles. The molecule has 1 fully saturated rings. The molecule has 1 aliphatic heterocycles. The molecule has 1 atom stereocenters. The second-order valence-electron chi connectivity index (χ2n) is 4.00. The molecule has 2 heterocycles. The zero-order valence-electron chi connectivity index (χ0n) is 10.0. The van der Waals surface area contributed by atoms with Crippen LogP contribution in [-0.4, -0.2) is 42.2 Å². The van der Waals surface area contributed by atoms with Crippen LogP contribution in [-0.2, 0) is 16.0 Å². The average Bonchev–Trinajstić information content (AvgIpc) is 2.77. The van der Waals surface area contributed by atoms with Gasteiger partial charge < -0.3 is 9.64 Å². The number of nitrogens with zero attached hydrogens (tertiary/aromatic N) is 2. The number of ether oxygens (including phenoxy) is 1. The van der Waals surface area contributed by atoms with Gasteiger partial charge in [-0.05, 0) is 0 Å². The summed E-state index contributed by atoms with van der Waals surface area (Å²) in [7, 11) is 1.40. The van der Waals surface area contributed by atoms with Crippen LogP contribution in [0, 0.1) is 0 Å². The minimum Gasteiger partial charge on any atom is -0.469 e. The number of hydrogen-bond acceptors (Lipinski definition) is 6. The third-order valence-corrected chi connectivity index (χ3v) is 4.69. The molecular weight excluding hydrogens is 256 g/mol. The van der Waals surface area contributed by atoms with Gasteiger partial charge in [0.15, 0.2) is 5.13 Å². The number of carbonyl (C=O) groups is 1. The first-order valence-corrected chi connectivity index (χ1v) is 7.49. The molecule has 1 aromatic rings. The van der Waals surface area contributed by atoms with Crippen LogP contribution in [0.5, 0.6) is 0 Å². The van der Waals surface area contributed by atoms with Crippen molar-refractivity contribution in [1.29, 1.82) is 0 Å². The van der Waals surface area contributed by atoms with Crippen molar-refractivity contribution in [3.63, 3.8) is 0 Å². The maximum Gasteiger partial charge on any atom is 0.311 e. The Kier molecular flexibility index (Phi) is 4.28. The minimum absolute atomic E-state index is 0.232. The van der Waals surface area contributed by atoms with Gasteiger partial charge in [-0.2, -0.15) is 11.8 Å². The van der Waals surface area contributed by atoms with Gasteiger partial charge in [0.05, 0.1) is 19.2 Å². The van der Waals surface area contributed by atoms with Crippen LogP contribution in [0.15, 0.2) is 5.38 Å². The Bertz CT molecular complexity index is 395. The molecule has 0 bridgehead atoms. The lowest BCUT2D eigenvalue weighted by molar-refractivity contribution is -0.139. The summed E-state index contributed by atoms with van der Waals surface area (Å²) >= 11 is 3.61. The molecule has 94 valence electrons. The highest BCUT2D eigenvalue weighted by atomic mass is 32.2. The molecule has 4 nitrogen and oxygen atoms in total. The zero-order valence-corrected chi connectivity index (χ0v) is 11.6. The van der Waals surface area contributed by atoms with Gasteiger partial charge in [0.2, 0.25) is 0 Å². The molecule has 1 aliphatic rings. The molecule has 0 amide bonds. The predicted molar refractivity (Wildman–Crippen MR) is 72.0 cm³/mol. The maximum absolute atomic E-state index is 11.1. The van der Waals surface area contributed by atoms with Crippen molar-refractivity contribution in [2.45, 2.75) is 18.6 Å². The highest BCUT2D eigenvalue weighted by molar-refractivity contribution is 8.00. The Labute approximate surface area is 109 Å². The van der Waals surface area contributed by atoms with Crippen LogP contribution < -0.4 is 4.90 Å². The van der Waals surface area contributed by atoms with Gasteiger partial charge in [-0.15, -0.1) is 11.3 Å². The molecule has 0 spiro atoms. The first-order valence-electron chi connectivity index (χ1n) is 5.57. The van der Waals surface area contributed by atoms with E-state index >= 15 is 0 Å². The second kappa shape index (κ2) is 5.73. The molecule has 17 heavy (non-hydrogen) atoms. The van der Waals surface area contributed by atoms with Crippen LogP contribution in [0.25, 0.3) is 0 Å². The molecule has 2 rings (SSSR count). The van der Waals surface area contributed by atoms with Crippen LogP contribution in [0.1, 0.15) is 12.6 Å². The average molecular weight is 272 g/mol. The van der Waals surface area contributed by atoms with E-state index in [2.05, 4.69) is 21.5 Å². The number of carbonyl (C=O) groups excluding carboxylic acids is 1. The highest BCUT2D eigenvalue weighted by Gasteiger charge is 2.19. The van der Waals surface area contributed by atoms with Crippen LogP contribution in [0.2, 0.25) is 0 Å². The van der Waals surface area contributed by atoms with E-state index in [9.17, 15) is 4.79 Å². The van der Waals surface area contributed by atoms with Gasteiger partial charge >= 0.3 is 5.97 Å². The Morgan fingerprint density at radius 1 is 1.71 bits per heavy atom. The second-order valence-corrected chi connectivity index (χ2v) is 6.38. The summed E-state index contributed by atoms with van der Waals surface area (Å²) in [5.41, 5.74) is 0.808. The highest BCUT2D eigenvalue weighted by Crippen LogP contribution is 2.26. The predicted octanol–water partition coefficient (Wildman–Crippen LogP) is 1.80. The summed E-state index contributed by atoms with van der Waals surface area (Å²) in [4.78, 5) is 17.9. The van der Waals surface area contributed by atoms with E-state index < -0.39 is 0 Å². The number of aromatic nitrogens is 1. The fourth-order valence-electron chi connectivity index (χ4n) is 1.73. The largest absolute Gasteiger partial charge is 0.469 e. The molecule has 1 saturated heterocycles. The zero-order chi connectivity index (χ0) is 12.3. The van der Waals surface area contributed by atoms with Gasteiger partial charge in [0.1, 0.15) is 0 Å². The van der Waals surface area contributed by atoms with Crippen molar-refractivity contribution in [3.05, 3.63) is 11.1 Å². The van der Waals surface area contributed by atoms with Crippen molar-refractivity contribution in [3.8, 4) is 0 Å². The topological polar surface area (TPSA) is 42.4 Å². The van der Waals surface area contributed by atoms with Gasteiger partial charge in [-0.25, -0.2) is 4.98 Å². The fourth-order valence-corrected chi connectivity index (χ4v) is 3.61. The van der Waals surface area contributed by atoms with E-state index in [1.54, 1.807) is 11.3 Å². The number of methoxy groups -OCH3 is 1. The summed E-state index contributed by atoms with van der Waals surface area (Å²) in [6.07, 6.45) is 0.269. The normalized spacial score (nSPS) is 20.4. The summed E-state index contributed by atoms with van der Waals surface area (Å²) in [6, 6.07) is 0. The molecule has 0 aromatic carbocycles. The standard InChI is InChI=1S/C11H16N2O2S2/c1-8-6-13(3-4-16-8)11-12-9(7-17-11)5-10(14)15-2/h7-8H,3-6H2,1-2H3. The smallest absolute Gasteiger partial charge is 0.311 e. The van der Waals surface area contributed by atoms with E-state index in [0.717, 1.165) is 29.7 Å². The van der Waals surface area contributed by atoms with Crippen molar-refractivity contribution < 1.29 is 9.53 Å². The summed E-state index contributed by atoms with van der Waals surface area (Å²) in [6.45, 7) is 4.32. The van der Waals surface area contributed by atoms with Gasteiger partial charge in [-0.1, -0.05) is 6.92 Å². The van der Waals surface area contributed by atoms with Crippen LogP contribution in [0.4, 0.5) is 5.13 Å². The monoisotopic (exact) mass is 272 g/mol. The quantitative estimate of drug-likeness (QED) is 0.785. The van der Waals surface area contributed by atoms with Crippen molar-refractivity contribution >= 4 is 34.2 Å². The van der Waals surface area contributed by atoms with E-state index in [1.165, 1.54) is 7.11 Å². The number of thioether (sulfide) groups is 1. The lowest BCUT2D eigenvalue weighted by Crippen LogP contribution is -2.36. The number of anilines is 1. The van der Waals surface area contributed by atoms with E-state index in [-0.39, 0.29) is 12.4 Å². The first kappa shape index (κ1) is 12.7. The summed E-state index contributed by atoms with van der Waals surface area (Å²) < 4.78 is 4.63. The molecule has 0 N–H and O–H groups in total. The summed E-state index contributed by atoms with van der Waals surface area (Å²) in [5, 5.41) is 3.62. The van der Waals surface area contributed by atoms with Crippen molar-refractivity contribution in [1.82, 2.24) is 4.98 Å². The summed E-state index contributed by atoms with van der Waals surface area (Å²) in [5.74, 6) is 0.914. The number of thiazole rings is 1. The van der Waals surface area contributed by atoms with Crippen LogP contribution in [0.3, 0.4) is 0 Å². The molecule has 1 unspecified atom stereocenters. The van der Waals surface area contributed by atoms with E-state index in [1.807, 2.05) is 17.1 Å². The number of esters is 1. The number of rotatable bonds is 3. The van der Waals surface area contributed by atoms with Crippen LogP contribution >= 0.6 is 23.1 Å². The maximum atomic E-state index is 11.1. The molecule has 6 heteroatoms. The Morgan fingerprint density at radius 2 is 2.53 bits per heavy atom. The van der Waals surface area contributed by atoms with Gasteiger partial charge in [-0.3, -0.25) is 4.79 Å². The molecule has 0 saturated carbocycles. The third kappa shape index (κ3) is 3.35. The molecule has 0 radical (unpaired) electrons. The fraction of sp³-hybridized carbons (Fsp3) is 0.636. The Balaban J connectivity index is 1.99. The third-order valence-electron chi connectivity index (χ3n) is 2.60. The van der Waals surface area contributed by atoms with E-state index in [4.69, 9.17) is 0 Å².